The Kier molecular flexibility index (Phi) is 7.16. The van der Waals surface area contributed by atoms with Crippen LogP contribution in [0.2, 0.25) is 0 Å². The molecular weight excluding hydrogens is 739 g/mol. The molecule has 0 aromatic heterocycles. The molecule has 1 atom stereocenters. The van der Waals surface area contributed by atoms with Crippen LogP contribution in [0.25, 0.3) is 22.3 Å². The molecule has 1 saturated carbocycles. The highest BCUT2D eigenvalue weighted by molar-refractivity contribution is 7.24. The number of fused-ring (bicyclic) bond motifs is 18. The minimum Gasteiger partial charge on any atom is -0.310 e. The molecule has 0 radical (unpaired) electrons. The molecule has 0 bridgehead atoms. The summed E-state index contributed by atoms with van der Waals surface area (Å²) in [6, 6.07) is 71.2. The van der Waals surface area contributed by atoms with Crippen LogP contribution in [-0.2, 0) is 10.8 Å². The maximum Gasteiger partial charge on any atom is 0.182 e. The van der Waals surface area contributed by atoms with Crippen LogP contribution in [-0.4, -0.2) is 8.07 Å². The van der Waals surface area contributed by atoms with Gasteiger partial charge in [-0.3, -0.25) is 0 Å². The Morgan fingerprint density at radius 2 is 0.867 bits per heavy atom. The molecule has 1 fully saturated rings. The molecule has 288 valence electrons. The van der Waals surface area contributed by atoms with E-state index in [9.17, 15) is 0 Å². The summed E-state index contributed by atoms with van der Waals surface area (Å²) in [4.78, 5) is 2.60. The third-order valence-corrected chi connectivity index (χ3v) is 20.5. The quantitative estimate of drug-likeness (QED) is 0.158. The molecular formula is C58H47NSi. The molecule has 60 heavy (non-hydrogen) atoms. The lowest BCUT2D eigenvalue weighted by Crippen LogP contribution is -2.70. The van der Waals surface area contributed by atoms with Crippen LogP contribution in [0.1, 0.15) is 90.8 Å². The lowest BCUT2D eigenvalue weighted by Gasteiger charge is -2.52. The monoisotopic (exact) mass is 785 g/mol. The summed E-state index contributed by atoms with van der Waals surface area (Å²) in [5.41, 5.74) is 18.6. The van der Waals surface area contributed by atoms with E-state index >= 15 is 0 Å². The summed E-state index contributed by atoms with van der Waals surface area (Å²) in [5, 5.41) is 6.20. The summed E-state index contributed by atoms with van der Waals surface area (Å²) in [6.07, 6.45) is 6.66. The molecule has 3 heterocycles. The van der Waals surface area contributed by atoms with E-state index < -0.39 is 13.5 Å². The van der Waals surface area contributed by atoms with Crippen LogP contribution in [0.15, 0.2) is 182 Å². The van der Waals surface area contributed by atoms with Gasteiger partial charge in [-0.15, -0.1) is 0 Å². The Morgan fingerprint density at radius 1 is 0.417 bits per heavy atom. The summed E-state index contributed by atoms with van der Waals surface area (Å²) in [5.74, 6) is 0.649. The molecule has 8 aromatic carbocycles. The second-order valence-corrected chi connectivity index (χ2v) is 22.2. The number of rotatable bonds is 2. The van der Waals surface area contributed by atoms with Gasteiger partial charge in [0.05, 0.1) is 16.8 Å². The molecule has 13 rings (SSSR count). The van der Waals surface area contributed by atoms with Gasteiger partial charge >= 0.3 is 0 Å². The highest BCUT2D eigenvalue weighted by atomic mass is 28.3. The van der Waals surface area contributed by atoms with E-state index in [1.54, 1.807) is 21.1 Å². The summed E-state index contributed by atoms with van der Waals surface area (Å²) < 4.78 is 0. The Hall–Kier alpha value is -6.22. The van der Waals surface area contributed by atoms with Crippen LogP contribution < -0.4 is 25.6 Å². The van der Waals surface area contributed by atoms with Crippen molar-refractivity contribution in [3.8, 4) is 22.3 Å². The average molecular weight is 786 g/mol. The van der Waals surface area contributed by atoms with Crippen molar-refractivity contribution in [2.45, 2.75) is 62.7 Å². The number of hydrogen-bond donors (Lipinski definition) is 0. The van der Waals surface area contributed by atoms with Gasteiger partial charge in [-0.05, 0) is 125 Å². The maximum atomic E-state index is 2.70. The molecule has 8 aromatic rings. The number of nitrogens with zero attached hydrogens (tertiary/aromatic N) is 1. The summed E-state index contributed by atoms with van der Waals surface area (Å²) in [6.45, 7) is 4.81. The lowest BCUT2D eigenvalue weighted by molar-refractivity contribution is 0.444. The van der Waals surface area contributed by atoms with E-state index in [0.29, 0.717) is 5.92 Å². The van der Waals surface area contributed by atoms with Crippen molar-refractivity contribution >= 4 is 45.9 Å². The van der Waals surface area contributed by atoms with E-state index in [0.717, 1.165) is 0 Å². The van der Waals surface area contributed by atoms with Gasteiger partial charge < -0.3 is 4.90 Å². The molecule has 3 aliphatic heterocycles. The van der Waals surface area contributed by atoms with Crippen molar-refractivity contribution < 1.29 is 0 Å². The molecule has 2 heteroatoms. The second kappa shape index (κ2) is 12.4. The number of hydrogen-bond acceptors (Lipinski definition) is 1. The fourth-order valence-corrected chi connectivity index (χ4v) is 18.7. The molecule has 0 N–H and O–H groups in total. The van der Waals surface area contributed by atoms with E-state index in [1.807, 2.05) is 0 Å². The third kappa shape index (κ3) is 4.22. The van der Waals surface area contributed by atoms with E-state index in [4.69, 9.17) is 0 Å². The summed E-state index contributed by atoms with van der Waals surface area (Å²) in [7, 11) is -2.70. The summed E-state index contributed by atoms with van der Waals surface area (Å²) >= 11 is 0. The smallest absolute Gasteiger partial charge is 0.182 e. The first-order chi connectivity index (χ1) is 29.5. The molecule has 5 aliphatic rings. The van der Waals surface area contributed by atoms with Crippen molar-refractivity contribution in [2.24, 2.45) is 0 Å². The van der Waals surface area contributed by atoms with Gasteiger partial charge in [-0.2, -0.15) is 0 Å². The Balaban J connectivity index is 1.09. The zero-order valence-electron chi connectivity index (χ0n) is 34.4. The lowest BCUT2D eigenvalue weighted by atomic mass is 9.53. The fourth-order valence-electron chi connectivity index (χ4n) is 13.1. The second-order valence-electron chi connectivity index (χ2n) is 18.5. The third-order valence-electron chi connectivity index (χ3n) is 15.5. The molecule has 2 aliphatic carbocycles. The van der Waals surface area contributed by atoms with E-state index in [-0.39, 0.29) is 5.41 Å². The Labute approximate surface area is 355 Å². The van der Waals surface area contributed by atoms with Gasteiger partial charge in [0.1, 0.15) is 0 Å². The minimum atomic E-state index is -2.70. The molecule has 1 nitrogen and oxygen atoms in total. The first-order valence-corrected chi connectivity index (χ1v) is 24.2. The Bertz CT molecular complexity index is 2980. The van der Waals surface area contributed by atoms with Crippen LogP contribution in [0, 0.1) is 0 Å². The number of anilines is 3. The molecule has 1 unspecified atom stereocenters. The molecule has 0 amide bonds. The first-order valence-electron chi connectivity index (χ1n) is 22.2. The van der Waals surface area contributed by atoms with Crippen molar-refractivity contribution in [2.75, 3.05) is 4.90 Å². The number of benzene rings is 8. The van der Waals surface area contributed by atoms with Crippen LogP contribution in [0.4, 0.5) is 17.1 Å². The zero-order chi connectivity index (χ0) is 39.8. The van der Waals surface area contributed by atoms with Gasteiger partial charge in [0, 0.05) is 11.1 Å². The molecule has 2 spiro atoms. The number of para-hydroxylation sites is 2. The van der Waals surface area contributed by atoms with Crippen molar-refractivity contribution in [1.82, 2.24) is 0 Å². The average Bonchev–Trinajstić information content (AvgIpc) is 3.77. The van der Waals surface area contributed by atoms with Gasteiger partial charge in [0.15, 0.2) is 8.07 Å². The standard InChI is InChI=1S/C58H47NSi/c1-57(2)45-22-8-10-24-47(45)58(48-25-11-9-23-46(48)57)49-26-12-14-28-51(49)59(52-29-15-13-27-50(52)58)40-33-35-44-42-21-7-17-31-54(42)60(56(44)37-40)53-30-16-6-20-41(53)43-34-32-39(36-55(43)60)38-18-4-3-5-19-38/h6-17,20-38H,3-5,18-19H2,1-2H3. The minimum absolute atomic E-state index is 0.141. The van der Waals surface area contributed by atoms with Crippen LogP contribution in [0.5, 0.6) is 0 Å². The van der Waals surface area contributed by atoms with E-state index in [1.165, 1.54) is 110 Å². The SMILES string of the molecule is CC1(C)c2ccccc2C2(c3ccccc3N(c3ccc4c(c3)[Si]3(c5ccccc5-c5ccc(C6CCCCC6)cc53)c3ccccc3-4)c3ccccc32)c2ccccc21. The van der Waals surface area contributed by atoms with Crippen molar-refractivity contribution in [3.05, 3.63) is 221 Å². The van der Waals surface area contributed by atoms with E-state index in [2.05, 4.69) is 201 Å². The van der Waals surface area contributed by atoms with Gasteiger partial charge in [0.2, 0.25) is 0 Å². The fraction of sp³-hybridized carbons (Fsp3) is 0.172. The largest absolute Gasteiger partial charge is 0.310 e. The predicted octanol–water partition coefficient (Wildman–Crippen LogP) is 11.9. The predicted molar refractivity (Wildman–Crippen MR) is 253 cm³/mol. The van der Waals surface area contributed by atoms with Gasteiger partial charge in [-0.25, -0.2) is 0 Å². The van der Waals surface area contributed by atoms with Crippen molar-refractivity contribution in [3.63, 3.8) is 0 Å². The van der Waals surface area contributed by atoms with Crippen LogP contribution >= 0.6 is 0 Å². The van der Waals surface area contributed by atoms with Gasteiger partial charge in [-0.1, -0.05) is 191 Å². The topological polar surface area (TPSA) is 3.24 Å². The van der Waals surface area contributed by atoms with Gasteiger partial charge in [0.25, 0.3) is 0 Å². The molecule has 0 saturated heterocycles. The Morgan fingerprint density at radius 3 is 1.45 bits per heavy atom. The highest BCUT2D eigenvalue weighted by Crippen LogP contribution is 2.62. The normalized spacial score (nSPS) is 19.4. The highest BCUT2D eigenvalue weighted by Gasteiger charge is 2.56. The zero-order valence-corrected chi connectivity index (χ0v) is 35.4. The van der Waals surface area contributed by atoms with Crippen molar-refractivity contribution in [1.29, 1.82) is 0 Å². The maximum absolute atomic E-state index is 2.70. The first kappa shape index (κ1) is 34.6. The van der Waals surface area contributed by atoms with Crippen LogP contribution in [0.3, 0.4) is 0 Å².